The Labute approximate surface area is 78.6 Å². The number of esters is 1. The number of morpholine rings is 1. The molecule has 0 aliphatic carbocycles. The average Bonchev–Trinajstić information content (AvgIpc) is 2.03. The van der Waals surface area contributed by atoms with Crippen LogP contribution in [0.15, 0.2) is 0 Å². The molecule has 1 saturated heterocycles. The number of rotatable bonds is 1. The van der Waals surface area contributed by atoms with Crippen LogP contribution in [0.1, 0.15) is 20.8 Å². The fraction of sp³-hybridized carbons (Fsp3) is 0.889. The second-order valence-electron chi connectivity index (χ2n) is 4.12. The zero-order valence-electron chi connectivity index (χ0n) is 8.42. The van der Waals surface area contributed by atoms with Gasteiger partial charge in [0.2, 0.25) is 0 Å². The zero-order chi connectivity index (χ0) is 9.90. The monoisotopic (exact) mass is 187 g/mol. The number of hydrogen-bond donors (Lipinski definition) is 1. The van der Waals surface area contributed by atoms with Crippen LogP contribution in [-0.2, 0) is 14.3 Å². The molecule has 1 fully saturated rings. The number of carbonyl (C=O) groups excluding carboxylic acids is 1. The molecule has 0 unspecified atom stereocenters. The summed E-state index contributed by atoms with van der Waals surface area (Å²) < 4.78 is 10.4. The average molecular weight is 187 g/mol. The Morgan fingerprint density at radius 3 is 2.69 bits per heavy atom. The van der Waals surface area contributed by atoms with Crippen molar-refractivity contribution in [2.24, 2.45) is 0 Å². The van der Waals surface area contributed by atoms with Gasteiger partial charge in [-0.2, -0.15) is 0 Å². The highest BCUT2D eigenvalue weighted by Crippen LogP contribution is 2.09. The van der Waals surface area contributed by atoms with Crippen molar-refractivity contribution in [1.29, 1.82) is 0 Å². The highest BCUT2D eigenvalue weighted by molar-refractivity contribution is 5.76. The van der Waals surface area contributed by atoms with Crippen LogP contribution in [0.3, 0.4) is 0 Å². The Kier molecular flexibility index (Phi) is 3.27. The summed E-state index contributed by atoms with van der Waals surface area (Å²) in [7, 11) is 0. The van der Waals surface area contributed by atoms with Crippen molar-refractivity contribution in [2.45, 2.75) is 32.4 Å². The zero-order valence-corrected chi connectivity index (χ0v) is 8.42. The van der Waals surface area contributed by atoms with E-state index in [9.17, 15) is 4.79 Å². The molecule has 1 heterocycles. The molecule has 0 aromatic heterocycles. The van der Waals surface area contributed by atoms with Crippen LogP contribution in [0, 0.1) is 0 Å². The van der Waals surface area contributed by atoms with Crippen LogP contribution in [0.4, 0.5) is 0 Å². The second-order valence-corrected chi connectivity index (χ2v) is 4.12. The lowest BCUT2D eigenvalue weighted by atomic mass is 10.2. The topological polar surface area (TPSA) is 47.6 Å². The maximum Gasteiger partial charge on any atom is 0.326 e. The number of hydrogen-bond acceptors (Lipinski definition) is 4. The van der Waals surface area contributed by atoms with Gasteiger partial charge in [0.15, 0.2) is 0 Å². The first-order valence-electron chi connectivity index (χ1n) is 4.53. The van der Waals surface area contributed by atoms with Gasteiger partial charge < -0.3 is 14.8 Å². The summed E-state index contributed by atoms with van der Waals surface area (Å²) >= 11 is 0. The molecule has 0 saturated carbocycles. The van der Waals surface area contributed by atoms with Crippen molar-refractivity contribution in [2.75, 3.05) is 19.8 Å². The molecule has 1 aliphatic heterocycles. The molecule has 0 aromatic rings. The largest absolute Gasteiger partial charge is 0.459 e. The van der Waals surface area contributed by atoms with Crippen molar-refractivity contribution >= 4 is 5.97 Å². The lowest BCUT2D eigenvalue weighted by Gasteiger charge is -2.26. The first kappa shape index (κ1) is 10.5. The van der Waals surface area contributed by atoms with E-state index in [1.807, 2.05) is 20.8 Å². The number of ether oxygens (including phenoxy) is 2. The van der Waals surface area contributed by atoms with Crippen molar-refractivity contribution < 1.29 is 14.3 Å². The third-order valence-corrected chi connectivity index (χ3v) is 1.61. The summed E-state index contributed by atoms with van der Waals surface area (Å²) in [6.07, 6.45) is 0. The summed E-state index contributed by atoms with van der Waals surface area (Å²) in [5.41, 5.74) is -0.420. The third-order valence-electron chi connectivity index (χ3n) is 1.61. The summed E-state index contributed by atoms with van der Waals surface area (Å²) in [5, 5.41) is 3.04. The normalized spacial score (nSPS) is 24.1. The molecule has 0 bridgehead atoms. The summed E-state index contributed by atoms with van der Waals surface area (Å²) in [6, 6.07) is -0.298. The lowest BCUT2D eigenvalue weighted by Crippen LogP contribution is -2.48. The van der Waals surface area contributed by atoms with Gasteiger partial charge >= 0.3 is 5.97 Å². The summed E-state index contributed by atoms with van der Waals surface area (Å²) in [5.74, 6) is -0.229. The highest BCUT2D eigenvalue weighted by Gasteiger charge is 2.26. The van der Waals surface area contributed by atoms with Crippen LogP contribution in [-0.4, -0.2) is 37.4 Å². The second kappa shape index (κ2) is 4.07. The Bertz CT molecular complexity index is 180. The van der Waals surface area contributed by atoms with Crippen LogP contribution >= 0.6 is 0 Å². The van der Waals surface area contributed by atoms with E-state index in [0.717, 1.165) is 0 Å². The van der Waals surface area contributed by atoms with E-state index in [1.165, 1.54) is 0 Å². The fourth-order valence-corrected chi connectivity index (χ4v) is 1.09. The highest BCUT2D eigenvalue weighted by atomic mass is 16.6. The van der Waals surface area contributed by atoms with Gasteiger partial charge in [-0.15, -0.1) is 0 Å². The molecule has 1 N–H and O–H groups in total. The molecule has 0 aromatic carbocycles. The van der Waals surface area contributed by atoms with Crippen molar-refractivity contribution in [1.82, 2.24) is 5.32 Å². The van der Waals surface area contributed by atoms with Gasteiger partial charge in [0.1, 0.15) is 11.6 Å². The van der Waals surface area contributed by atoms with Crippen molar-refractivity contribution in [3.05, 3.63) is 0 Å². The van der Waals surface area contributed by atoms with Crippen molar-refractivity contribution in [3.63, 3.8) is 0 Å². The smallest absolute Gasteiger partial charge is 0.326 e. The molecule has 1 rings (SSSR count). The van der Waals surface area contributed by atoms with E-state index in [0.29, 0.717) is 19.8 Å². The molecule has 0 amide bonds. The Morgan fingerprint density at radius 1 is 1.54 bits per heavy atom. The minimum absolute atomic E-state index is 0.229. The first-order valence-corrected chi connectivity index (χ1v) is 4.53. The predicted molar refractivity (Wildman–Crippen MR) is 48.5 cm³/mol. The maximum absolute atomic E-state index is 11.4. The minimum atomic E-state index is -0.420. The molecule has 1 aliphatic rings. The standard InChI is InChI=1S/C9H17NO3/c1-9(2,3)13-8(11)7-6-12-5-4-10-7/h7,10H,4-6H2,1-3H3/t7-/m1/s1. The molecular weight excluding hydrogens is 170 g/mol. The van der Waals surface area contributed by atoms with E-state index >= 15 is 0 Å². The number of nitrogens with one attached hydrogen (secondary N) is 1. The van der Waals surface area contributed by atoms with Gasteiger partial charge in [-0.3, -0.25) is 4.79 Å². The van der Waals surface area contributed by atoms with Gasteiger partial charge in [-0.25, -0.2) is 0 Å². The van der Waals surface area contributed by atoms with Gasteiger partial charge in [0, 0.05) is 6.54 Å². The van der Waals surface area contributed by atoms with E-state index in [1.54, 1.807) is 0 Å². The molecule has 13 heavy (non-hydrogen) atoms. The Balaban J connectivity index is 2.38. The SMILES string of the molecule is CC(C)(C)OC(=O)[C@H]1COCCN1. The van der Waals surface area contributed by atoms with E-state index in [2.05, 4.69) is 5.32 Å². The van der Waals surface area contributed by atoms with Gasteiger partial charge in [-0.1, -0.05) is 0 Å². The fourth-order valence-electron chi connectivity index (χ4n) is 1.09. The van der Waals surface area contributed by atoms with Gasteiger partial charge in [0.05, 0.1) is 13.2 Å². The van der Waals surface area contributed by atoms with Crippen molar-refractivity contribution in [3.8, 4) is 0 Å². The maximum atomic E-state index is 11.4. The molecule has 4 nitrogen and oxygen atoms in total. The van der Waals surface area contributed by atoms with Crippen LogP contribution in [0.25, 0.3) is 0 Å². The molecule has 76 valence electrons. The molecule has 1 atom stereocenters. The number of carbonyl (C=O) groups is 1. The Hall–Kier alpha value is -0.610. The summed E-state index contributed by atoms with van der Waals surface area (Å²) in [4.78, 5) is 11.4. The van der Waals surface area contributed by atoms with Gasteiger partial charge in [0.25, 0.3) is 0 Å². The lowest BCUT2D eigenvalue weighted by molar-refractivity contribution is -0.160. The van der Waals surface area contributed by atoms with E-state index in [4.69, 9.17) is 9.47 Å². The molecule has 4 heteroatoms. The Morgan fingerprint density at radius 2 is 2.23 bits per heavy atom. The van der Waals surface area contributed by atoms with Crippen LogP contribution < -0.4 is 5.32 Å². The minimum Gasteiger partial charge on any atom is -0.459 e. The van der Waals surface area contributed by atoms with E-state index in [-0.39, 0.29) is 12.0 Å². The quantitative estimate of drug-likeness (QED) is 0.600. The summed E-state index contributed by atoms with van der Waals surface area (Å²) in [6.45, 7) is 7.36. The van der Waals surface area contributed by atoms with E-state index < -0.39 is 5.60 Å². The molecule has 0 radical (unpaired) electrons. The first-order chi connectivity index (χ1) is 5.99. The molecule has 0 spiro atoms. The third kappa shape index (κ3) is 3.74. The predicted octanol–water partition coefficient (Wildman–Crippen LogP) is 0.317. The van der Waals surface area contributed by atoms with Crippen LogP contribution in [0.5, 0.6) is 0 Å². The van der Waals surface area contributed by atoms with Crippen LogP contribution in [0.2, 0.25) is 0 Å². The molecular formula is C9H17NO3. The van der Waals surface area contributed by atoms with Gasteiger partial charge in [-0.05, 0) is 20.8 Å².